The Morgan fingerprint density at radius 2 is 1.92 bits per heavy atom. The maximum atomic E-state index is 3.50. The van der Waals surface area contributed by atoms with Crippen molar-refractivity contribution in [1.29, 1.82) is 0 Å². The minimum atomic E-state index is 0.760. The Bertz CT molecular complexity index is 332. The van der Waals surface area contributed by atoms with Crippen LogP contribution in [0.25, 0.3) is 0 Å². The van der Waals surface area contributed by atoms with E-state index in [-0.39, 0.29) is 0 Å². The fourth-order valence-electron chi connectivity index (χ4n) is 3.06. The normalized spacial score (nSPS) is 35.9. The lowest BCUT2D eigenvalue weighted by molar-refractivity contribution is 0.487. The van der Waals surface area contributed by atoms with Crippen LogP contribution in [0.5, 0.6) is 0 Å². The number of benzene rings is 1. The summed E-state index contributed by atoms with van der Waals surface area (Å²) in [4.78, 5) is 0. The molecule has 1 saturated heterocycles. The summed E-state index contributed by atoms with van der Waals surface area (Å²) in [6, 6.07) is 8.96. The average molecular weight is 173 g/mol. The molecule has 1 aliphatic heterocycles. The van der Waals surface area contributed by atoms with Crippen molar-refractivity contribution in [3.05, 3.63) is 35.4 Å². The van der Waals surface area contributed by atoms with Gasteiger partial charge in [0, 0.05) is 12.5 Å². The minimum Gasteiger partial charge on any atom is -0.316 e. The Hall–Kier alpha value is -0.820. The Balaban J connectivity index is 2.13. The zero-order valence-corrected chi connectivity index (χ0v) is 7.96. The van der Waals surface area contributed by atoms with E-state index in [1.54, 1.807) is 11.1 Å². The largest absolute Gasteiger partial charge is 0.316 e. The first-order valence-corrected chi connectivity index (χ1v) is 5.17. The third-order valence-electron chi connectivity index (χ3n) is 3.79. The van der Waals surface area contributed by atoms with Crippen LogP contribution in [0.3, 0.4) is 0 Å². The van der Waals surface area contributed by atoms with Crippen LogP contribution in [0.1, 0.15) is 29.9 Å². The smallest absolute Gasteiger partial charge is 0.00237 e. The highest BCUT2D eigenvalue weighted by molar-refractivity contribution is 5.41. The third-order valence-corrected chi connectivity index (χ3v) is 3.79. The van der Waals surface area contributed by atoms with Crippen LogP contribution < -0.4 is 5.32 Å². The van der Waals surface area contributed by atoms with E-state index >= 15 is 0 Å². The molecule has 0 bridgehead atoms. The SMILES string of the molecule is CC1c2ccccc2C2CNCC12. The highest BCUT2D eigenvalue weighted by Gasteiger charge is 2.40. The molecule has 13 heavy (non-hydrogen) atoms. The van der Waals surface area contributed by atoms with Crippen LogP contribution >= 0.6 is 0 Å². The first kappa shape index (κ1) is 7.57. The lowest BCUT2D eigenvalue weighted by Crippen LogP contribution is -2.12. The monoisotopic (exact) mass is 173 g/mol. The molecular weight excluding hydrogens is 158 g/mol. The summed E-state index contributed by atoms with van der Waals surface area (Å²) in [6.45, 7) is 4.77. The van der Waals surface area contributed by atoms with Gasteiger partial charge in [-0.25, -0.2) is 0 Å². The van der Waals surface area contributed by atoms with Crippen molar-refractivity contribution >= 4 is 0 Å². The molecule has 0 radical (unpaired) electrons. The van der Waals surface area contributed by atoms with E-state index < -0.39 is 0 Å². The number of hydrogen-bond donors (Lipinski definition) is 1. The molecule has 3 atom stereocenters. The van der Waals surface area contributed by atoms with Crippen molar-refractivity contribution in [2.75, 3.05) is 13.1 Å². The maximum absolute atomic E-state index is 3.50. The zero-order chi connectivity index (χ0) is 8.84. The van der Waals surface area contributed by atoms with E-state index in [9.17, 15) is 0 Å². The highest BCUT2D eigenvalue weighted by Crippen LogP contribution is 2.47. The zero-order valence-electron chi connectivity index (χ0n) is 7.96. The van der Waals surface area contributed by atoms with Crippen molar-refractivity contribution in [3.63, 3.8) is 0 Å². The second-order valence-electron chi connectivity index (χ2n) is 4.35. The third kappa shape index (κ3) is 0.910. The van der Waals surface area contributed by atoms with Crippen LogP contribution in [-0.4, -0.2) is 13.1 Å². The molecule has 1 heteroatoms. The molecule has 1 N–H and O–H groups in total. The van der Waals surface area contributed by atoms with Gasteiger partial charge in [0.15, 0.2) is 0 Å². The quantitative estimate of drug-likeness (QED) is 0.633. The summed E-state index contributed by atoms with van der Waals surface area (Å²) in [6.07, 6.45) is 0. The van der Waals surface area contributed by atoms with Crippen molar-refractivity contribution in [2.45, 2.75) is 18.8 Å². The Labute approximate surface area is 79.2 Å². The Kier molecular flexibility index (Phi) is 1.50. The van der Waals surface area contributed by atoms with Gasteiger partial charge in [0.25, 0.3) is 0 Å². The van der Waals surface area contributed by atoms with Gasteiger partial charge in [0.05, 0.1) is 0 Å². The second-order valence-corrected chi connectivity index (χ2v) is 4.35. The topological polar surface area (TPSA) is 12.0 Å². The van der Waals surface area contributed by atoms with Crippen LogP contribution in [0.4, 0.5) is 0 Å². The van der Waals surface area contributed by atoms with E-state index in [0.717, 1.165) is 17.8 Å². The lowest BCUT2D eigenvalue weighted by Gasteiger charge is -2.12. The molecular formula is C12H15N. The fraction of sp³-hybridized carbons (Fsp3) is 0.500. The number of fused-ring (bicyclic) bond motifs is 3. The van der Waals surface area contributed by atoms with Crippen LogP contribution in [0, 0.1) is 5.92 Å². The van der Waals surface area contributed by atoms with Crippen LogP contribution in [-0.2, 0) is 0 Å². The first-order valence-electron chi connectivity index (χ1n) is 5.17. The van der Waals surface area contributed by atoms with Gasteiger partial charge >= 0.3 is 0 Å². The molecule has 0 amide bonds. The molecule has 1 aliphatic carbocycles. The minimum absolute atomic E-state index is 0.760. The van der Waals surface area contributed by atoms with Gasteiger partial charge in [-0.1, -0.05) is 31.2 Å². The van der Waals surface area contributed by atoms with Gasteiger partial charge in [0.2, 0.25) is 0 Å². The maximum Gasteiger partial charge on any atom is 0.00237 e. The van der Waals surface area contributed by atoms with E-state index in [0.29, 0.717) is 0 Å². The van der Waals surface area contributed by atoms with Gasteiger partial charge in [-0.15, -0.1) is 0 Å². The number of rotatable bonds is 0. The van der Waals surface area contributed by atoms with Crippen molar-refractivity contribution in [2.24, 2.45) is 5.92 Å². The molecule has 68 valence electrons. The average Bonchev–Trinajstić information content (AvgIpc) is 2.72. The Morgan fingerprint density at radius 1 is 1.15 bits per heavy atom. The molecule has 2 aliphatic rings. The molecule has 0 saturated carbocycles. The first-order chi connectivity index (χ1) is 6.38. The molecule has 1 aromatic rings. The summed E-state index contributed by atoms with van der Waals surface area (Å²) in [5, 5.41) is 3.50. The molecule has 0 aromatic heterocycles. The Morgan fingerprint density at radius 3 is 2.77 bits per heavy atom. The van der Waals surface area contributed by atoms with Gasteiger partial charge in [-0.05, 0) is 29.5 Å². The van der Waals surface area contributed by atoms with Crippen LogP contribution in [0.2, 0.25) is 0 Å². The number of nitrogens with one attached hydrogen (secondary N) is 1. The molecule has 1 fully saturated rings. The molecule has 1 heterocycles. The van der Waals surface area contributed by atoms with E-state index in [2.05, 4.69) is 36.5 Å². The van der Waals surface area contributed by atoms with Gasteiger partial charge in [-0.3, -0.25) is 0 Å². The van der Waals surface area contributed by atoms with Crippen molar-refractivity contribution in [1.82, 2.24) is 5.32 Å². The summed E-state index contributed by atoms with van der Waals surface area (Å²) in [5.41, 5.74) is 3.20. The van der Waals surface area contributed by atoms with Crippen molar-refractivity contribution < 1.29 is 0 Å². The summed E-state index contributed by atoms with van der Waals surface area (Å²) >= 11 is 0. The predicted molar refractivity (Wildman–Crippen MR) is 54.0 cm³/mol. The summed E-state index contributed by atoms with van der Waals surface area (Å²) in [7, 11) is 0. The molecule has 1 aromatic carbocycles. The summed E-state index contributed by atoms with van der Waals surface area (Å²) < 4.78 is 0. The van der Waals surface area contributed by atoms with Crippen LogP contribution in [0.15, 0.2) is 24.3 Å². The van der Waals surface area contributed by atoms with Gasteiger partial charge < -0.3 is 5.32 Å². The van der Waals surface area contributed by atoms with E-state index in [1.165, 1.54) is 13.1 Å². The van der Waals surface area contributed by atoms with Gasteiger partial charge in [-0.2, -0.15) is 0 Å². The van der Waals surface area contributed by atoms with Gasteiger partial charge in [0.1, 0.15) is 0 Å². The summed E-state index contributed by atoms with van der Waals surface area (Å²) in [5.74, 6) is 2.42. The lowest BCUT2D eigenvalue weighted by atomic mass is 9.91. The molecule has 3 rings (SSSR count). The number of hydrogen-bond acceptors (Lipinski definition) is 1. The van der Waals surface area contributed by atoms with Crippen molar-refractivity contribution in [3.8, 4) is 0 Å². The predicted octanol–water partition coefficient (Wildman–Crippen LogP) is 2.11. The molecule has 3 unspecified atom stereocenters. The highest BCUT2D eigenvalue weighted by atomic mass is 14.9. The fourth-order valence-corrected chi connectivity index (χ4v) is 3.06. The van der Waals surface area contributed by atoms with E-state index in [4.69, 9.17) is 0 Å². The molecule has 1 nitrogen and oxygen atoms in total. The standard InChI is InChI=1S/C12H15N/c1-8-9-4-2-3-5-10(9)12-7-13-6-11(8)12/h2-5,8,11-13H,6-7H2,1H3. The van der Waals surface area contributed by atoms with E-state index in [1.807, 2.05) is 0 Å². The second kappa shape index (κ2) is 2.58. The molecule has 0 spiro atoms.